The topological polar surface area (TPSA) is 103 Å². The van der Waals surface area contributed by atoms with Crippen molar-refractivity contribution in [1.29, 1.82) is 0 Å². The van der Waals surface area contributed by atoms with E-state index in [1.807, 2.05) is 6.92 Å². The maximum absolute atomic E-state index is 13.5. The van der Waals surface area contributed by atoms with Gasteiger partial charge < -0.3 is 21.1 Å². The van der Waals surface area contributed by atoms with Gasteiger partial charge in [0.2, 0.25) is 5.91 Å². The summed E-state index contributed by atoms with van der Waals surface area (Å²) in [6.45, 7) is 2.04. The van der Waals surface area contributed by atoms with Gasteiger partial charge >= 0.3 is 0 Å². The van der Waals surface area contributed by atoms with E-state index in [1.165, 1.54) is 12.1 Å². The van der Waals surface area contributed by atoms with Gasteiger partial charge in [-0.3, -0.25) is 9.59 Å². The maximum Gasteiger partial charge on any atom is 0.219 e. The molecule has 1 saturated carbocycles. The van der Waals surface area contributed by atoms with Crippen LogP contribution < -0.4 is 16.0 Å². The molecule has 0 saturated heterocycles. The quantitative estimate of drug-likeness (QED) is 0.575. The van der Waals surface area contributed by atoms with Gasteiger partial charge in [0.25, 0.3) is 0 Å². The third kappa shape index (κ3) is 4.63. The molecule has 2 aliphatic carbocycles. The standard InChI is InChI=1S/C23H29FN4O3/c1-23(8-7-19(31)25-2)11-17-20(18(30)12-23)21(13-3-5-14(24)6-4-13)28-22(27-17)26-15-9-16(29)10-15/h3-6,15-16,21,29H,7-12H2,1-2H3,(H,25,31)(H2,26,27,28)/t15?,16?,21-,23-/m0/s1. The van der Waals surface area contributed by atoms with Gasteiger partial charge in [-0.25, -0.2) is 9.38 Å². The summed E-state index contributed by atoms with van der Waals surface area (Å²) in [4.78, 5) is 29.8. The van der Waals surface area contributed by atoms with E-state index in [4.69, 9.17) is 4.99 Å². The third-order valence-corrected chi connectivity index (χ3v) is 6.49. The van der Waals surface area contributed by atoms with Gasteiger partial charge in [0, 0.05) is 37.2 Å². The summed E-state index contributed by atoms with van der Waals surface area (Å²) in [5.74, 6) is 0.189. The summed E-state index contributed by atoms with van der Waals surface area (Å²) in [5.41, 5.74) is 1.84. The number of benzene rings is 1. The molecule has 31 heavy (non-hydrogen) atoms. The van der Waals surface area contributed by atoms with Crippen molar-refractivity contribution in [3.8, 4) is 0 Å². The van der Waals surface area contributed by atoms with Crippen LogP contribution in [0.2, 0.25) is 0 Å². The molecule has 2 atom stereocenters. The number of nitrogens with one attached hydrogen (secondary N) is 3. The molecular weight excluding hydrogens is 399 g/mol. The summed E-state index contributed by atoms with van der Waals surface area (Å²) in [5, 5.41) is 18.9. The highest BCUT2D eigenvalue weighted by Gasteiger charge is 2.42. The van der Waals surface area contributed by atoms with E-state index in [1.54, 1.807) is 19.2 Å². The molecule has 8 heteroatoms. The Hall–Kier alpha value is -2.74. The van der Waals surface area contributed by atoms with Crippen molar-refractivity contribution in [2.45, 2.75) is 63.6 Å². The molecule has 1 heterocycles. The SMILES string of the molecule is CNC(=O)CC[C@]1(C)CC(=O)C2=C(C1)NC(NC1CC(O)C1)=N[C@H]2c1ccc(F)cc1. The van der Waals surface area contributed by atoms with E-state index < -0.39 is 6.04 Å². The molecule has 3 aliphatic rings. The Balaban J connectivity index is 1.62. The van der Waals surface area contributed by atoms with Crippen molar-refractivity contribution >= 4 is 17.6 Å². The van der Waals surface area contributed by atoms with E-state index in [-0.39, 0.29) is 35.1 Å². The highest BCUT2D eigenvalue weighted by molar-refractivity contribution is 6.01. The molecular formula is C23H29FN4O3. The Kier molecular flexibility index (Phi) is 5.83. The van der Waals surface area contributed by atoms with Gasteiger partial charge in [-0.15, -0.1) is 0 Å². The molecule has 4 rings (SSSR count). The van der Waals surface area contributed by atoms with Crippen LogP contribution in [0.5, 0.6) is 0 Å². The second-order valence-electron chi connectivity index (χ2n) is 9.18. The van der Waals surface area contributed by atoms with Crippen LogP contribution in [0.1, 0.15) is 57.1 Å². The Morgan fingerprint density at radius 3 is 2.65 bits per heavy atom. The minimum absolute atomic E-state index is 0.00403. The minimum atomic E-state index is -0.514. The lowest BCUT2D eigenvalue weighted by molar-refractivity contribution is -0.123. The first-order valence-corrected chi connectivity index (χ1v) is 10.8. The predicted octanol–water partition coefficient (Wildman–Crippen LogP) is 2.09. The van der Waals surface area contributed by atoms with E-state index in [0.717, 1.165) is 11.3 Å². The number of aliphatic imine (C=N–C) groups is 1. The average Bonchev–Trinajstić information content (AvgIpc) is 2.70. The molecule has 0 bridgehead atoms. The molecule has 1 aliphatic heterocycles. The van der Waals surface area contributed by atoms with Crippen LogP contribution in [0.3, 0.4) is 0 Å². The fraction of sp³-hybridized carbons (Fsp3) is 0.522. The zero-order chi connectivity index (χ0) is 22.2. The first kappa shape index (κ1) is 21.5. The predicted molar refractivity (Wildman–Crippen MR) is 115 cm³/mol. The number of aliphatic hydroxyl groups excluding tert-OH is 1. The number of aliphatic hydroxyl groups is 1. The zero-order valence-electron chi connectivity index (χ0n) is 17.9. The average molecular weight is 429 g/mol. The molecule has 1 aromatic rings. The lowest BCUT2D eigenvalue weighted by atomic mass is 9.69. The lowest BCUT2D eigenvalue weighted by Gasteiger charge is -2.41. The molecule has 0 spiro atoms. The molecule has 4 N–H and O–H groups in total. The van der Waals surface area contributed by atoms with Crippen LogP contribution in [0.25, 0.3) is 0 Å². The van der Waals surface area contributed by atoms with Gasteiger partial charge in [-0.2, -0.15) is 0 Å². The van der Waals surface area contributed by atoms with Gasteiger partial charge in [-0.1, -0.05) is 19.1 Å². The Bertz CT molecular complexity index is 937. The summed E-state index contributed by atoms with van der Waals surface area (Å²) >= 11 is 0. The summed E-state index contributed by atoms with van der Waals surface area (Å²) in [6.07, 6.45) is 2.93. The number of carbonyl (C=O) groups is 2. The lowest BCUT2D eigenvalue weighted by Crippen LogP contribution is -2.53. The van der Waals surface area contributed by atoms with Crippen molar-refractivity contribution in [3.05, 3.63) is 46.9 Å². The molecule has 1 fully saturated rings. The van der Waals surface area contributed by atoms with E-state index in [0.29, 0.717) is 50.1 Å². The largest absolute Gasteiger partial charge is 0.393 e. The summed E-state index contributed by atoms with van der Waals surface area (Å²) in [6, 6.07) is 5.69. The van der Waals surface area contributed by atoms with Gasteiger partial charge in [0.05, 0.1) is 6.10 Å². The van der Waals surface area contributed by atoms with Crippen molar-refractivity contribution in [2.24, 2.45) is 10.4 Å². The Morgan fingerprint density at radius 1 is 1.29 bits per heavy atom. The normalized spacial score (nSPS) is 30.0. The molecule has 0 unspecified atom stereocenters. The smallest absolute Gasteiger partial charge is 0.219 e. The Labute approximate surface area is 181 Å². The van der Waals surface area contributed by atoms with Crippen molar-refractivity contribution < 1.29 is 19.1 Å². The monoisotopic (exact) mass is 428 g/mol. The van der Waals surface area contributed by atoms with E-state index in [2.05, 4.69) is 16.0 Å². The first-order chi connectivity index (χ1) is 14.8. The number of guanidine groups is 1. The number of Topliss-reactive ketones (excluding diaryl/α,β-unsaturated/α-hetero) is 1. The summed E-state index contributed by atoms with van der Waals surface area (Å²) in [7, 11) is 1.61. The second-order valence-corrected chi connectivity index (χ2v) is 9.18. The fourth-order valence-electron chi connectivity index (χ4n) is 4.61. The molecule has 7 nitrogen and oxygen atoms in total. The zero-order valence-corrected chi connectivity index (χ0v) is 17.9. The van der Waals surface area contributed by atoms with Crippen molar-refractivity contribution in [1.82, 2.24) is 16.0 Å². The van der Waals surface area contributed by atoms with Crippen LogP contribution in [-0.4, -0.2) is 41.9 Å². The van der Waals surface area contributed by atoms with Crippen LogP contribution in [0.4, 0.5) is 4.39 Å². The summed E-state index contributed by atoms with van der Waals surface area (Å²) < 4.78 is 13.5. The van der Waals surface area contributed by atoms with Crippen LogP contribution in [0, 0.1) is 11.2 Å². The van der Waals surface area contributed by atoms with Crippen molar-refractivity contribution in [3.63, 3.8) is 0 Å². The molecule has 0 aromatic heterocycles. The van der Waals surface area contributed by atoms with Crippen LogP contribution >= 0.6 is 0 Å². The molecule has 1 aromatic carbocycles. The number of hydrogen-bond donors (Lipinski definition) is 4. The van der Waals surface area contributed by atoms with E-state index in [9.17, 15) is 19.1 Å². The number of halogens is 1. The molecule has 0 radical (unpaired) electrons. The highest BCUT2D eigenvalue weighted by atomic mass is 19.1. The minimum Gasteiger partial charge on any atom is -0.393 e. The van der Waals surface area contributed by atoms with E-state index >= 15 is 0 Å². The number of carbonyl (C=O) groups excluding carboxylic acids is 2. The Morgan fingerprint density at radius 2 is 2.00 bits per heavy atom. The number of hydrogen-bond acceptors (Lipinski definition) is 6. The molecule has 166 valence electrons. The number of amides is 1. The first-order valence-electron chi connectivity index (χ1n) is 10.8. The highest BCUT2D eigenvalue weighted by Crippen LogP contribution is 2.45. The van der Waals surface area contributed by atoms with Gasteiger partial charge in [0.1, 0.15) is 11.9 Å². The van der Waals surface area contributed by atoms with Crippen LogP contribution in [-0.2, 0) is 9.59 Å². The number of nitrogens with zero attached hydrogens (tertiary/aromatic N) is 1. The molecule has 1 amide bonds. The fourth-order valence-corrected chi connectivity index (χ4v) is 4.61. The number of rotatable bonds is 5. The maximum atomic E-state index is 13.5. The van der Waals surface area contributed by atoms with Gasteiger partial charge in [0.15, 0.2) is 11.7 Å². The number of allylic oxidation sites excluding steroid dienone is 1. The third-order valence-electron chi connectivity index (χ3n) is 6.49. The van der Waals surface area contributed by atoms with Crippen molar-refractivity contribution in [2.75, 3.05) is 7.05 Å². The number of ketones is 1. The second kappa shape index (κ2) is 8.42. The van der Waals surface area contributed by atoms with Gasteiger partial charge in [-0.05, 0) is 48.8 Å². The van der Waals surface area contributed by atoms with Crippen LogP contribution in [0.15, 0.2) is 40.5 Å².